The number of carbonyl (C=O) groups excluding carboxylic acids is 1. The number of carbonyl (C=O) groups is 1. The SMILES string of the molecule is Cc1cc(N)n(CC(=O)NC2CCN(Cc3cccnc3)CC2)n1. The fourth-order valence-electron chi connectivity index (χ4n) is 3.09. The van der Waals surface area contributed by atoms with E-state index in [2.05, 4.69) is 26.4 Å². The minimum Gasteiger partial charge on any atom is -0.384 e. The molecule has 0 aromatic carbocycles. The Morgan fingerprint density at radius 1 is 1.42 bits per heavy atom. The molecule has 7 nitrogen and oxygen atoms in total. The maximum absolute atomic E-state index is 12.2. The van der Waals surface area contributed by atoms with E-state index >= 15 is 0 Å². The number of likely N-dealkylation sites (tertiary alicyclic amines) is 1. The van der Waals surface area contributed by atoms with Crippen LogP contribution in [0.5, 0.6) is 0 Å². The Kier molecular flexibility index (Phi) is 5.10. The van der Waals surface area contributed by atoms with E-state index in [1.807, 2.05) is 19.2 Å². The molecule has 128 valence electrons. The van der Waals surface area contributed by atoms with Crippen LogP contribution in [0.4, 0.5) is 5.82 Å². The first-order valence-electron chi connectivity index (χ1n) is 8.30. The molecule has 0 radical (unpaired) electrons. The molecule has 3 heterocycles. The van der Waals surface area contributed by atoms with Crippen molar-refractivity contribution in [2.75, 3.05) is 18.8 Å². The quantitative estimate of drug-likeness (QED) is 0.853. The van der Waals surface area contributed by atoms with Gasteiger partial charge in [-0.15, -0.1) is 0 Å². The monoisotopic (exact) mass is 328 g/mol. The molecule has 1 saturated heterocycles. The third-order valence-corrected chi connectivity index (χ3v) is 4.31. The molecule has 3 N–H and O–H groups in total. The molecule has 0 atom stereocenters. The fourth-order valence-corrected chi connectivity index (χ4v) is 3.09. The van der Waals surface area contributed by atoms with Crippen LogP contribution in [0.3, 0.4) is 0 Å². The Labute approximate surface area is 141 Å². The van der Waals surface area contributed by atoms with Crippen molar-refractivity contribution in [2.45, 2.75) is 38.9 Å². The van der Waals surface area contributed by atoms with E-state index in [-0.39, 0.29) is 18.5 Å². The van der Waals surface area contributed by atoms with Crippen LogP contribution in [0.15, 0.2) is 30.6 Å². The largest absolute Gasteiger partial charge is 0.384 e. The van der Waals surface area contributed by atoms with Gasteiger partial charge in [0.05, 0.1) is 5.69 Å². The molecule has 1 amide bonds. The lowest BCUT2D eigenvalue weighted by atomic mass is 10.0. The minimum absolute atomic E-state index is 0.0319. The minimum atomic E-state index is -0.0319. The van der Waals surface area contributed by atoms with Crippen molar-refractivity contribution in [3.8, 4) is 0 Å². The van der Waals surface area contributed by atoms with Gasteiger partial charge in [-0.05, 0) is 31.4 Å². The summed E-state index contributed by atoms with van der Waals surface area (Å²) in [4.78, 5) is 18.7. The van der Waals surface area contributed by atoms with Crippen LogP contribution in [-0.4, -0.2) is 44.7 Å². The molecule has 1 aliphatic heterocycles. The maximum Gasteiger partial charge on any atom is 0.242 e. The summed E-state index contributed by atoms with van der Waals surface area (Å²) < 4.78 is 1.54. The summed E-state index contributed by atoms with van der Waals surface area (Å²) in [5.41, 5.74) is 7.87. The molecular formula is C17H24N6O. The second-order valence-corrected chi connectivity index (χ2v) is 6.35. The third-order valence-electron chi connectivity index (χ3n) is 4.31. The number of anilines is 1. The highest BCUT2D eigenvalue weighted by Crippen LogP contribution is 2.13. The van der Waals surface area contributed by atoms with Gasteiger partial charge >= 0.3 is 0 Å². The Balaban J connectivity index is 1.43. The second-order valence-electron chi connectivity index (χ2n) is 6.35. The first-order chi connectivity index (χ1) is 11.6. The first kappa shape index (κ1) is 16.4. The van der Waals surface area contributed by atoms with Gasteiger partial charge in [0, 0.05) is 44.1 Å². The number of pyridine rings is 1. The Hall–Kier alpha value is -2.41. The van der Waals surface area contributed by atoms with Crippen molar-refractivity contribution in [3.63, 3.8) is 0 Å². The highest BCUT2D eigenvalue weighted by atomic mass is 16.2. The van der Waals surface area contributed by atoms with Crippen LogP contribution in [-0.2, 0) is 17.9 Å². The van der Waals surface area contributed by atoms with E-state index in [9.17, 15) is 4.79 Å². The number of hydrogen-bond acceptors (Lipinski definition) is 5. The van der Waals surface area contributed by atoms with Crippen molar-refractivity contribution in [3.05, 3.63) is 41.9 Å². The molecule has 0 spiro atoms. The molecule has 0 saturated carbocycles. The smallest absolute Gasteiger partial charge is 0.242 e. The van der Waals surface area contributed by atoms with Crippen molar-refractivity contribution in [1.82, 2.24) is 25.0 Å². The van der Waals surface area contributed by atoms with Crippen molar-refractivity contribution in [1.29, 1.82) is 0 Å². The summed E-state index contributed by atoms with van der Waals surface area (Å²) in [5.74, 6) is 0.490. The number of nitrogens with one attached hydrogen (secondary N) is 1. The zero-order valence-corrected chi connectivity index (χ0v) is 14.0. The summed E-state index contributed by atoms with van der Waals surface area (Å²) in [7, 11) is 0. The first-order valence-corrected chi connectivity index (χ1v) is 8.30. The van der Waals surface area contributed by atoms with Crippen molar-refractivity contribution >= 4 is 11.7 Å². The average molecular weight is 328 g/mol. The number of nitrogens with zero attached hydrogens (tertiary/aromatic N) is 4. The molecule has 7 heteroatoms. The molecule has 0 aliphatic carbocycles. The molecule has 2 aromatic heterocycles. The Morgan fingerprint density at radius 3 is 2.83 bits per heavy atom. The summed E-state index contributed by atoms with van der Waals surface area (Å²) in [6.45, 7) is 4.90. The van der Waals surface area contributed by atoms with E-state index in [0.717, 1.165) is 38.2 Å². The molecule has 1 aliphatic rings. The number of piperidine rings is 1. The van der Waals surface area contributed by atoms with Gasteiger partial charge in [0.25, 0.3) is 0 Å². The highest BCUT2D eigenvalue weighted by molar-refractivity contribution is 5.76. The van der Waals surface area contributed by atoms with Crippen molar-refractivity contribution in [2.24, 2.45) is 0 Å². The number of nitrogen functional groups attached to an aromatic ring is 1. The highest BCUT2D eigenvalue weighted by Gasteiger charge is 2.21. The van der Waals surface area contributed by atoms with Gasteiger partial charge in [-0.3, -0.25) is 14.7 Å². The van der Waals surface area contributed by atoms with Crippen molar-refractivity contribution < 1.29 is 4.79 Å². The van der Waals surface area contributed by atoms with Gasteiger partial charge < -0.3 is 11.1 Å². The van der Waals surface area contributed by atoms with Crippen LogP contribution < -0.4 is 11.1 Å². The van der Waals surface area contributed by atoms with E-state index in [1.165, 1.54) is 5.56 Å². The lowest BCUT2D eigenvalue weighted by Gasteiger charge is -2.32. The number of aromatic nitrogens is 3. The predicted molar refractivity (Wildman–Crippen MR) is 92.1 cm³/mol. The number of rotatable bonds is 5. The summed E-state index contributed by atoms with van der Waals surface area (Å²) in [5, 5.41) is 7.31. The summed E-state index contributed by atoms with van der Waals surface area (Å²) >= 11 is 0. The van der Waals surface area contributed by atoms with Crippen LogP contribution in [0, 0.1) is 6.92 Å². The standard InChI is InChI=1S/C17H24N6O/c1-13-9-16(18)23(21-13)12-17(24)20-15-4-7-22(8-5-15)11-14-3-2-6-19-10-14/h2-3,6,9-10,15H,4-5,7-8,11-12,18H2,1H3,(H,20,24). The number of amides is 1. The zero-order valence-electron chi connectivity index (χ0n) is 14.0. The average Bonchev–Trinajstić information content (AvgIpc) is 2.87. The summed E-state index contributed by atoms with van der Waals surface area (Å²) in [6.07, 6.45) is 5.61. The Bertz CT molecular complexity index is 676. The van der Waals surface area contributed by atoms with Crippen LogP contribution >= 0.6 is 0 Å². The molecular weight excluding hydrogens is 304 g/mol. The van der Waals surface area contributed by atoms with E-state index in [0.29, 0.717) is 5.82 Å². The topological polar surface area (TPSA) is 89.1 Å². The third kappa shape index (κ3) is 4.32. The van der Waals surface area contributed by atoms with Gasteiger partial charge in [0.1, 0.15) is 12.4 Å². The zero-order chi connectivity index (χ0) is 16.9. The molecule has 1 fully saturated rings. The number of aryl methyl sites for hydroxylation is 1. The van der Waals surface area contributed by atoms with Gasteiger partial charge in [0.15, 0.2) is 0 Å². The van der Waals surface area contributed by atoms with E-state index in [1.54, 1.807) is 16.9 Å². The number of nitrogens with two attached hydrogens (primary N) is 1. The Morgan fingerprint density at radius 2 is 2.21 bits per heavy atom. The van der Waals surface area contributed by atoms with Crippen LogP contribution in [0.2, 0.25) is 0 Å². The van der Waals surface area contributed by atoms with Gasteiger partial charge in [-0.25, -0.2) is 4.68 Å². The van der Waals surface area contributed by atoms with Crippen LogP contribution in [0.1, 0.15) is 24.1 Å². The van der Waals surface area contributed by atoms with E-state index in [4.69, 9.17) is 5.73 Å². The number of hydrogen-bond donors (Lipinski definition) is 2. The van der Waals surface area contributed by atoms with E-state index < -0.39 is 0 Å². The maximum atomic E-state index is 12.2. The summed E-state index contributed by atoms with van der Waals surface area (Å²) in [6, 6.07) is 6.05. The lowest BCUT2D eigenvalue weighted by Crippen LogP contribution is -2.45. The predicted octanol–water partition coefficient (Wildman–Crippen LogP) is 0.950. The molecule has 2 aromatic rings. The fraction of sp³-hybridized carbons (Fsp3) is 0.471. The molecule has 0 unspecified atom stereocenters. The molecule has 3 rings (SSSR count). The molecule has 0 bridgehead atoms. The van der Waals surface area contributed by atoms with Gasteiger partial charge in [-0.1, -0.05) is 6.07 Å². The van der Waals surface area contributed by atoms with Gasteiger partial charge in [-0.2, -0.15) is 5.10 Å². The van der Waals surface area contributed by atoms with Gasteiger partial charge in [0.2, 0.25) is 5.91 Å². The normalized spacial score (nSPS) is 16.2. The van der Waals surface area contributed by atoms with Crippen LogP contribution in [0.25, 0.3) is 0 Å². The lowest BCUT2D eigenvalue weighted by molar-refractivity contribution is -0.122. The second kappa shape index (κ2) is 7.44. The molecule has 24 heavy (non-hydrogen) atoms.